The molecule has 0 atom stereocenters. The quantitative estimate of drug-likeness (QED) is 0.583. The Kier molecular flexibility index (Phi) is 2.10. The molecule has 5 heteroatoms. The molecule has 0 radical (unpaired) electrons. The van der Waals surface area contributed by atoms with Crippen LogP contribution in [-0.4, -0.2) is 21.3 Å². The average Bonchev–Trinajstić information content (AvgIpc) is 1.96. The number of phenolic OH excluding ortho intramolecular Hbond substituents is 1. The van der Waals surface area contributed by atoms with Gasteiger partial charge in [-0.15, -0.1) is 0 Å². The Morgan fingerprint density at radius 3 is 2.42 bits per heavy atom. The van der Waals surface area contributed by atoms with Crippen LogP contribution in [0.3, 0.4) is 0 Å². The Bertz CT molecular complexity index is 334. The van der Waals surface area contributed by atoms with E-state index in [2.05, 4.69) is 0 Å². The van der Waals surface area contributed by atoms with Gasteiger partial charge in [0.05, 0.1) is 5.02 Å². The molecule has 4 nitrogen and oxygen atoms in total. The van der Waals surface area contributed by atoms with Crippen LogP contribution >= 0.6 is 11.6 Å². The lowest BCUT2D eigenvalue weighted by atomic mass is 10.2. The molecule has 12 heavy (non-hydrogen) atoms. The van der Waals surface area contributed by atoms with Crippen LogP contribution in [0.15, 0.2) is 12.1 Å². The maximum absolute atomic E-state index is 10.4. The van der Waals surface area contributed by atoms with Crippen molar-refractivity contribution in [2.24, 2.45) is 0 Å². The summed E-state index contributed by atoms with van der Waals surface area (Å²) in [7, 11) is 0. The number of rotatable bonds is 1. The highest BCUT2D eigenvalue weighted by atomic mass is 35.5. The zero-order valence-electron chi connectivity index (χ0n) is 5.78. The van der Waals surface area contributed by atoms with Crippen LogP contribution in [0.4, 0.5) is 0 Å². The second-order valence-electron chi connectivity index (χ2n) is 2.13. The third-order valence-electron chi connectivity index (χ3n) is 1.28. The van der Waals surface area contributed by atoms with E-state index in [9.17, 15) is 4.79 Å². The first-order valence-corrected chi connectivity index (χ1v) is 3.35. The fourth-order valence-electron chi connectivity index (χ4n) is 0.748. The molecule has 0 spiro atoms. The van der Waals surface area contributed by atoms with E-state index >= 15 is 0 Å². The topological polar surface area (TPSA) is 77.8 Å². The van der Waals surface area contributed by atoms with E-state index in [1.165, 1.54) is 0 Å². The third kappa shape index (κ3) is 1.43. The minimum absolute atomic E-state index is 0.188. The Hall–Kier alpha value is -1.42. The molecule has 0 saturated heterocycles. The number of carboxylic acid groups (broad SMARTS) is 1. The molecule has 1 aromatic rings. The lowest BCUT2D eigenvalue weighted by Gasteiger charge is -2.01. The minimum atomic E-state index is -1.34. The van der Waals surface area contributed by atoms with Gasteiger partial charge in [0, 0.05) is 6.07 Å². The highest BCUT2D eigenvalue weighted by molar-refractivity contribution is 6.32. The Labute approximate surface area is 72.6 Å². The number of carbonyl (C=O) groups is 1. The van der Waals surface area contributed by atoms with Gasteiger partial charge in [-0.25, -0.2) is 4.79 Å². The Morgan fingerprint density at radius 1 is 1.33 bits per heavy atom. The van der Waals surface area contributed by atoms with Crippen molar-refractivity contribution in [3.8, 4) is 11.5 Å². The number of hydrogen-bond acceptors (Lipinski definition) is 3. The van der Waals surface area contributed by atoms with E-state index < -0.39 is 17.3 Å². The summed E-state index contributed by atoms with van der Waals surface area (Å²) in [6, 6.07) is 1.98. The summed E-state index contributed by atoms with van der Waals surface area (Å²) in [5.74, 6) is -2.18. The zero-order valence-corrected chi connectivity index (χ0v) is 6.54. The maximum Gasteiger partial charge on any atom is 0.339 e. The van der Waals surface area contributed by atoms with Gasteiger partial charge in [-0.05, 0) is 6.07 Å². The zero-order chi connectivity index (χ0) is 9.30. The molecule has 1 rings (SSSR count). The molecular formula is C7H5ClO4. The van der Waals surface area contributed by atoms with Crippen LogP contribution in [0.5, 0.6) is 11.5 Å². The predicted octanol–water partition coefficient (Wildman–Crippen LogP) is 1.45. The van der Waals surface area contributed by atoms with Crippen molar-refractivity contribution in [3.63, 3.8) is 0 Å². The SMILES string of the molecule is O=C(O)c1cc(O)cc(Cl)c1O. The number of hydrogen-bond donors (Lipinski definition) is 3. The van der Waals surface area contributed by atoms with Gasteiger partial charge < -0.3 is 15.3 Å². The van der Waals surface area contributed by atoms with Crippen LogP contribution in [0.25, 0.3) is 0 Å². The van der Waals surface area contributed by atoms with Gasteiger partial charge in [-0.1, -0.05) is 11.6 Å². The molecule has 0 aromatic heterocycles. The lowest BCUT2D eigenvalue weighted by molar-refractivity contribution is 0.0693. The van der Waals surface area contributed by atoms with Crippen LogP contribution in [0, 0.1) is 0 Å². The van der Waals surface area contributed by atoms with E-state index in [1.54, 1.807) is 0 Å². The van der Waals surface area contributed by atoms with E-state index in [0.29, 0.717) is 0 Å². The van der Waals surface area contributed by atoms with Crippen molar-refractivity contribution in [2.75, 3.05) is 0 Å². The normalized spacial score (nSPS) is 9.75. The summed E-state index contributed by atoms with van der Waals surface area (Å²) in [4.78, 5) is 10.4. The fraction of sp³-hybridized carbons (Fsp3) is 0. The van der Waals surface area contributed by atoms with Gasteiger partial charge in [0.1, 0.15) is 17.1 Å². The molecule has 0 fully saturated rings. The molecule has 0 heterocycles. The van der Waals surface area contributed by atoms with E-state index in [0.717, 1.165) is 12.1 Å². The number of aromatic carboxylic acids is 1. The van der Waals surface area contributed by atoms with E-state index in [1.807, 2.05) is 0 Å². The molecule has 0 unspecified atom stereocenters. The average molecular weight is 189 g/mol. The maximum atomic E-state index is 10.4. The summed E-state index contributed by atoms with van der Waals surface area (Å²) >= 11 is 5.39. The molecule has 0 amide bonds. The lowest BCUT2D eigenvalue weighted by Crippen LogP contribution is -1.96. The van der Waals surface area contributed by atoms with Crippen molar-refractivity contribution < 1.29 is 20.1 Å². The summed E-state index contributed by atoms with van der Waals surface area (Å²) < 4.78 is 0. The highest BCUT2D eigenvalue weighted by Crippen LogP contribution is 2.31. The van der Waals surface area contributed by atoms with Gasteiger partial charge in [0.25, 0.3) is 0 Å². The standard InChI is InChI=1S/C7H5ClO4/c8-5-2-3(9)1-4(6(5)10)7(11)12/h1-2,9-10H,(H,11,12). The van der Waals surface area contributed by atoms with Crippen LogP contribution < -0.4 is 0 Å². The molecule has 0 saturated carbocycles. The molecule has 0 aliphatic carbocycles. The van der Waals surface area contributed by atoms with Crippen LogP contribution in [-0.2, 0) is 0 Å². The van der Waals surface area contributed by atoms with Crippen molar-refractivity contribution in [1.29, 1.82) is 0 Å². The molecule has 1 aromatic carbocycles. The van der Waals surface area contributed by atoms with Crippen LogP contribution in [0.2, 0.25) is 5.02 Å². The molecule has 0 aliphatic rings. The first-order chi connectivity index (χ1) is 5.52. The van der Waals surface area contributed by atoms with Crippen molar-refractivity contribution >= 4 is 17.6 Å². The second-order valence-corrected chi connectivity index (χ2v) is 2.54. The third-order valence-corrected chi connectivity index (χ3v) is 1.57. The van der Waals surface area contributed by atoms with E-state index in [4.69, 9.17) is 26.9 Å². The van der Waals surface area contributed by atoms with E-state index in [-0.39, 0.29) is 10.8 Å². The smallest absolute Gasteiger partial charge is 0.339 e. The summed E-state index contributed by atoms with van der Waals surface area (Å²) in [6.45, 7) is 0. The predicted molar refractivity (Wildman–Crippen MR) is 41.7 cm³/mol. The number of phenols is 2. The van der Waals surface area contributed by atoms with Gasteiger partial charge in [-0.2, -0.15) is 0 Å². The summed E-state index contributed by atoms with van der Waals surface area (Å²) in [5, 5.41) is 26.3. The fourth-order valence-corrected chi connectivity index (χ4v) is 0.961. The van der Waals surface area contributed by atoms with Gasteiger partial charge in [-0.3, -0.25) is 0 Å². The van der Waals surface area contributed by atoms with Gasteiger partial charge >= 0.3 is 5.97 Å². The van der Waals surface area contributed by atoms with Crippen molar-refractivity contribution in [2.45, 2.75) is 0 Å². The van der Waals surface area contributed by atoms with Crippen LogP contribution in [0.1, 0.15) is 10.4 Å². The minimum Gasteiger partial charge on any atom is -0.508 e. The van der Waals surface area contributed by atoms with Gasteiger partial charge in [0.15, 0.2) is 0 Å². The highest BCUT2D eigenvalue weighted by Gasteiger charge is 2.13. The molecule has 64 valence electrons. The summed E-state index contributed by atoms with van der Waals surface area (Å²) in [5.41, 5.74) is -0.417. The number of halogens is 1. The Morgan fingerprint density at radius 2 is 1.92 bits per heavy atom. The number of benzene rings is 1. The Balaban J connectivity index is 3.37. The molecule has 3 N–H and O–H groups in total. The van der Waals surface area contributed by atoms with Gasteiger partial charge in [0.2, 0.25) is 0 Å². The summed E-state index contributed by atoms with van der Waals surface area (Å²) in [6.07, 6.45) is 0. The molecule has 0 bridgehead atoms. The largest absolute Gasteiger partial charge is 0.508 e. The van der Waals surface area contributed by atoms with Crippen molar-refractivity contribution in [3.05, 3.63) is 22.7 Å². The monoisotopic (exact) mass is 188 g/mol. The molecular weight excluding hydrogens is 184 g/mol. The second kappa shape index (κ2) is 2.91. The number of aromatic hydroxyl groups is 2. The molecule has 0 aliphatic heterocycles. The first kappa shape index (κ1) is 8.67. The van der Waals surface area contributed by atoms with Crippen molar-refractivity contribution in [1.82, 2.24) is 0 Å². The first-order valence-electron chi connectivity index (χ1n) is 2.97. The number of carboxylic acids is 1.